The van der Waals surface area contributed by atoms with Gasteiger partial charge < -0.3 is 0 Å². The van der Waals surface area contributed by atoms with Gasteiger partial charge in [-0.3, -0.25) is 0 Å². The molecule has 0 aliphatic rings. The molecule has 0 saturated heterocycles. The molecule has 0 aromatic rings. The van der Waals surface area contributed by atoms with E-state index in [2.05, 4.69) is 19.0 Å². The summed E-state index contributed by atoms with van der Waals surface area (Å²) >= 11 is 0. The van der Waals surface area contributed by atoms with Gasteiger partial charge in [-0.2, -0.15) is 4.91 Å². The van der Waals surface area contributed by atoms with Crippen LogP contribution in [-0.4, -0.2) is 6.04 Å². The van der Waals surface area contributed by atoms with E-state index in [1.165, 1.54) is 77.0 Å². The molecule has 1 unspecified atom stereocenters. The van der Waals surface area contributed by atoms with Gasteiger partial charge >= 0.3 is 0 Å². The van der Waals surface area contributed by atoms with Crippen molar-refractivity contribution in [3.8, 4) is 0 Å². The van der Waals surface area contributed by atoms with Crippen molar-refractivity contribution >= 4 is 0 Å². The molecule has 2 nitrogen and oxygen atoms in total. The molecule has 0 N–H and O–H groups in total. The zero-order chi connectivity index (χ0) is 14.9. The molecular weight excluding hydrogens is 246 g/mol. The average molecular weight is 283 g/mol. The van der Waals surface area contributed by atoms with Crippen molar-refractivity contribution in [2.45, 2.75) is 116 Å². The second-order valence-electron chi connectivity index (χ2n) is 6.23. The highest BCUT2D eigenvalue weighted by Crippen LogP contribution is 2.15. The summed E-state index contributed by atoms with van der Waals surface area (Å²) in [6.45, 7) is 4.40. The summed E-state index contributed by atoms with van der Waals surface area (Å²) in [4.78, 5) is 10.6. The Morgan fingerprint density at radius 1 is 0.600 bits per heavy atom. The highest BCUT2D eigenvalue weighted by molar-refractivity contribution is 4.64. The molecule has 120 valence electrons. The fourth-order valence-corrected chi connectivity index (χ4v) is 2.80. The van der Waals surface area contributed by atoms with Gasteiger partial charge in [0.1, 0.15) is 0 Å². The summed E-state index contributed by atoms with van der Waals surface area (Å²) in [5, 5.41) is 3.22. The standard InChI is InChI=1S/C18H37NO/c1-3-5-6-7-8-9-10-11-12-13-14-15-17-18(19-20)16-4-2/h18H,3-17H2,1-2H3. The van der Waals surface area contributed by atoms with Crippen LogP contribution in [0.5, 0.6) is 0 Å². The van der Waals surface area contributed by atoms with E-state index in [0.717, 1.165) is 19.3 Å². The molecular formula is C18H37NO. The van der Waals surface area contributed by atoms with Gasteiger partial charge in [-0.05, 0) is 12.8 Å². The molecule has 0 aromatic heterocycles. The van der Waals surface area contributed by atoms with E-state index in [-0.39, 0.29) is 6.04 Å². The lowest BCUT2D eigenvalue weighted by atomic mass is 10.0. The van der Waals surface area contributed by atoms with Crippen molar-refractivity contribution in [2.24, 2.45) is 5.18 Å². The second kappa shape index (κ2) is 16.7. The Kier molecular flexibility index (Phi) is 16.3. The molecule has 0 aromatic carbocycles. The number of hydrogen-bond donors (Lipinski definition) is 0. The number of hydrogen-bond acceptors (Lipinski definition) is 2. The third kappa shape index (κ3) is 14.0. The van der Waals surface area contributed by atoms with Gasteiger partial charge in [0, 0.05) is 0 Å². The van der Waals surface area contributed by atoms with E-state index in [0.29, 0.717) is 0 Å². The first kappa shape index (κ1) is 19.6. The Morgan fingerprint density at radius 3 is 1.45 bits per heavy atom. The molecule has 20 heavy (non-hydrogen) atoms. The van der Waals surface area contributed by atoms with Crippen LogP contribution in [0.25, 0.3) is 0 Å². The minimum Gasteiger partial charge on any atom is -0.151 e. The molecule has 0 aliphatic heterocycles. The van der Waals surface area contributed by atoms with Gasteiger partial charge in [-0.15, -0.1) is 0 Å². The van der Waals surface area contributed by atoms with Gasteiger partial charge in [0.2, 0.25) is 0 Å². The van der Waals surface area contributed by atoms with Gasteiger partial charge in [-0.25, -0.2) is 0 Å². The number of nitroso groups, excluding NO2 is 1. The van der Waals surface area contributed by atoms with Crippen LogP contribution in [0.2, 0.25) is 0 Å². The highest BCUT2D eigenvalue weighted by atomic mass is 16.3. The maximum atomic E-state index is 10.6. The fraction of sp³-hybridized carbons (Fsp3) is 1.00. The fourth-order valence-electron chi connectivity index (χ4n) is 2.80. The van der Waals surface area contributed by atoms with Gasteiger partial charge in [0.15, 0.2) is 0 Å². The summed E-state index contributed by atoms with van der Waals surface area (Å²) < 4.78 is 0. The third-order valence-electron chi connectivity index (χ3n) is 4.16. The average Bonchev–Trinajstić information content (AvgIpc) is 2.47. The monoisotopic (exact) mass is 283 g/mol. The Morgan fingerprint density at radius 2 is 1.05 bits per heavy atom. The smallest absolute Gasteiger partial charge is 0.0919 e. The first-order valence-corrected chi connectivity index (χ1v) is 9.17. The molecule has 0 heterocycles. The predicted molar refractivity (Wildman–Crippen MR) is 90.2 cm³/mol. The summed E-state index contributed by atoms with van der Waals surface area (Å²) in [5.41, 5.74) is 0. The van der Waals surface area contributed by atoms with Gasteiger partial charge in [0.25, 0.3) is 0 Å². The normalized spacial score (nSPS) is 12.5. The third-order valence-corrected chi connectivity index (χ3v) is 4.16. The summed E-state index contributed by atoms with van der Waals surface area (Å²) in [5.74, 6) is 0. The minimum atomic E-state index is 0.0862. The molecule has 1 atom stereocenters. The first-order valence-electron chi connectivity index (χ1n) is 9.17. The number of unbranched alkanes of at least 4 members (excludes halogenated alkanes) is 11. The topological polar surface area (TPSA) is 29.4 Å². The predicted octanol–water partition coefficient (Wildman–Crippen LogP) is 7.01. The van der Waals surface area contributed by atoms with Crippen LogP contribution in [0.15, 0.2) is 5.18 Å². The molecule has 0 aliphatic carbocycles. The van der Waals surface area contributed by atoms with Gasteiger partial charge in [0.05, 0.1) is 6.04 Å². The minimum absolute atomic E-state index is 0.0862. The van der Waals surface area contributed by atoms with Crippen LogP contribution in [0, 0.1) is 4.91 Å². The lowest BCUT2D eigenvalue weighted by molar-refractivity contribution is 0.500. The quantitative estimate of drug-likeness (QED) is 0.221. The Hall–Kier alpha value is -0.400. The Bertz CT molecular complexity index is 194. The van der Waals surface area contributed by atoms with Crippen molar-refractivity contribution in [2.75, 3.05) is 0 Å². The van der Waals surface area contributed by atoms with E-state index >= 15 is 0 Å². The molecule has 0 rings (SSSR count). The molecule has 0 fully saturated rings. The van der Waals surface area contributed by atoms with Crippen LogP contribution in [0.3, 0.4) is 0 Å². The van der Waals surface area contributed by atoms with Gasteiger partial charge in [-0.1, -0.05) is 102 Å². The summed E-state index contributed by atoms with van der Waals surface area (Å²) in [6.07, 6.45) is 19.6. The zero-order valence-electron chi connectivity index (χ0n) is 14.0. The van der Waals surface area contributed by atoms with E-state index < -0.39 is 0 Å². The van der Waals surface area contributed by atoms with Crippen LogP contribution < -0.4 is 0 Å². The molecule has 0 amide bonds. The van der Waals surface area contributed by atoms with Crippen LogP contribution in [-0.2, 0) is 0 Å². The summed E-state index contributed by atoms with van der Waals surface area (Å²) in [6, 6.07) is 0.0862. The SMILES string of the molecule is CCCCCCCCCCCCCCC(CCC)N=O. The molecule has 0 radical (unpaired) electrons. The molecule has 2 heteroatoms. The van der Waals surface area contributed by atoms with Crippen LogP contribution >= 0.6 is 0 Å². The molecule has 0 saturated carbocycles. The number of nitrogens with zero attached hydrogens (tertiary/aromatic N) is 1. The van der Waals surface area contributed by atoms with Crippen molar-refractivity contribution in [3.63, 3.8) is 0 Å². The van der Waals surface area contributed by atoms with Crippen molar-refractivity contribution in [3.05, 3.63) is 4.91 Å². The number of rotatable bonds is 16. The second-order valence-corrected chi connectivity index (χ2v) is 6.23. The van der Waals surface area contributed by atoms with E-state index in [1.807, 2.05) is 0 Å². The Labute approximate surface area is 127 Å². The lowest BCUT2D eigenvalue weighted by Crippen LogP contribution is -2.02. The highest BCUT2D eigenvalue weighted by Gasteiger charge is 2.06. The van der Waals surface area contributed by atoms with Crippen molar-refractivity contribution in [1.29, 1.82) is 0 Å². The van der Waals surface area contributed by atoms with Crippen LogP contribution in [0.4, 0.5) is 0 Å². The maximum absolute atomic E-state index is 10.6. The molecule has 0 bridgehead atoms. The van der Waals surface area contributed by atoms with E-state index in [1.54, 1.807) is 0 Å². The van der Waals surface area contributed by atoms with Crippen molar-refractivity contribution in [1.82, 2.24) is 0 Å². The van der Waals surface area contributed by atoms with E-state index in [9.17, 15) is 4.91 Å². The molecule has 0 spiro atoms. The largest absolute Gasteiger partial charge is 0.151 e. The maximum Gasteiger partial charge on any atom is 0.0919 e. The Balaban J connectivity index is 3.11. The lowest BCUT2D eigenvalue weighted by Gasteiger charge is -2.07. The summed E-state index contributed by atoms with van der Waals surface area (Å²) in [7, 11) is 0. The zero-order valence-corrected chi connectivity index (χ0v) is 14.0. The van der Waals surface area contributed by atoms with Crippen LogP contribution in [0.1, 0.15) is 110 Å². The first-order chi connectivity index (χ1) is 9.85. The van der Waals surface area contributed by atoms with E-state index in [4.69, 9.17) is 0 Å². The van der Waals surface area contributed by atoms with Crippen molar-refractivity contribution < 1.29 is 0 Å².